The SMILES string of the molecule is COc1ccc(NC(C)=O)cc1NC(=O)c1ccccc1SCc1noc(C)n1. The van der Waals surface area contributed by atoms with Gasteiger partial charge in [-0.25, -0.2) is 0 Å². The Bertz CT molecular complexity index is 1030. The molecule has 2 aromatic carbocycles. The fraction of sp³-hybridized carbons (Fsp3) is 0.200. The van der Waals surface area contributed by atoms with E-state index in [0.29, 0.717) is 40.2 Å². The zero-order valence-electron chi connectivity index (χ0n) is 16.2. The van der Waals surface area contributed by atoms with Crippen LogP contribution in [0.2, 0.25) is 0 Å². The van der Waals surface area contributed by atoms with Crippen molar-refractivity contribution in [3.8, 4) is 5.75 Å². The molecule has 0 saturated carbocycles. The lowest BCUT2D eigenvalue weighted by molar-refractivity contribution is -0.114. The summed E-state index contributed by atoms with van der Waals surface area (Å²) in [5.74, 6) is 1.52. The molecule has 0 bridgehead atoms. The summed E-state index contributed by atoms with van der Waals surface area (Å²) in [7, 11) is 1.51. The highest BCUT2D eigenvalue weighted by Gasteiger charge is 2.15. The van der Waals surface area contributed by atoms with Crippen LogP contribution in [0.4, 0.5) is 11.4 Å². The average Bonchev–Trinajstić information content (AvgIpc) is 3.11. The molecule has 0 fully saturated rings. The number of carbonyl (C=O) groups excluding carboxylic acids is 2. The van der Waals surface area contributed by atoms with Crippen molar-refractivity contribution in [2.45, 2.75) is 24.5 Å². The molecule has 150 valence electrons. The normalized spacial score (nSPS) is 10.4. The molecular formula is C20H20N4O4S. The van der Waals surface area contributed by atoms with E-state index in [1.807, 2.05) is 12.1 Å². The van der Waals surface area contributed by atoms with E-state index in [1.165, 1.54) is 25.8 Å². The highest BCUT2D eigenvalue weighted by Crippen LogP contribution is 2.30. The van der Waals surface area contributed by atoms with Crippen LogP contribution in [-0.4, -0.2) is 29.1 Å². The van der Waals surface area contributed by atoms with Gasteiger partial charge in [0.2, 0.25) is 11.8 Å². The maximum atomic E-state index is 12.9. The number of nitrogens with zero attached hydrogens (tertiary/aromatic N) is 2. The van der Waals surface area contributed by atoms with Crippen LogP contribution in [0.15, 0.2) is 51.9 Å². The molecule has 0 unspecified atom stereocenters. The number of benzene rings is 2. The van der Waals surface area contributed by atoms with E-state index in [4.69, 9.17) is 9.26 Å². The van der Waals surface area contributed by atoms with Crippen LogP contribution in [0.3, 0.4) is 0 Å². The molecule has 8 nitrogen and oxygen atoms in total. The largest absolute Gasteiger partial charge is 0.495 e. The van der Waals surface area contributed by atoms with Gasteiger partial charge in [0.25, 0.3) is 5.91 Å². The second-order valence-corrected chi connectivity index (χ2v) is 7.08. The summed E-state index contributed by atoms with van der Waals surface area (Å²) < 4.78 is 10.3. The smallest absolute Gasteiger partial charge is 0.256 e. The molecule has 9 heteroatoms. The maximum Gasteiger partial charge on any atom is 0.256 e. The van der Waals surface area contributed by atoms with Crippen molar-refractivity contribution in [3.63, 3.8) is 0 Å². The number of hydrogen-bond donors (Lipinski definition) is 2. The minimum atomic E-state index is -0.296. The molecular weight excluding hydrogens is 392 g/mol. The summed E-state index contributed by atoms with van der Waals surface area (Å²) in [5.41, 5.74) is 1.52. The van der Waals surface area contributed by atoms with Gasteiger partial charge in [0.05, 0.1) is 24.1 Å². The number of hydrogen-bond acceptors (Lipinski definition) is 7. The van der Waals surface area contributed by atoms with Gasteiger partial charge in [0.15, 0.2) is 5.82 Å². The molecule has 2 N–H and O–H groups in total. The summed E-state index contributed by atoms with van der Waals surface area (Å²) >= 11 is 1.44. The van der Waals surface area contributed by atoms with Crippen molar-refractivity contribution in [2.24, 2.45) is 0 Å². The molecule has 0 aliphatic heterocycles. The van der Waals surface area contributed by atoms with E-state index in [0.717, 1.165) is 4.90 Å². The van der Waals surface area contributed by atoms with E-state index < -0.39 is 0 Å². The zero-order valence-corrected chi connectivity index (χ0v) is 17.0. The molecule has 0 atom stereocenters. The highest BCUT2D eigenvalue weighted by atomic mass is 32.2. The zero-order chi connectivity index (χ0) is 20.8. The number of carbonyl (C=O) groups is 2. The van der Waals surface area contributed by atoms with Crippen molar-refractivity contribution in [1.82, 2.24) is 10.1 Å². The molecule has 1 heterocycles. The average molecular weight is 412 g/mol. The van der Waals surface area contributed by atoms with E-state index >= 15 is 0 Å². The predicted octanol–water partition coefficient (Wildman–Crippen LogP) is 3.89. The minimum Gasteiger partial charge on any atom is -0.495 e. The lowest BCUT2D eigenvalue weighted by atomic mass is 10.2. The Morgan fingerprint density at radius 2 is 1.97 bits per heavy atom. The first-order valence-electron chi connectivity index (χ1n) is 8.74. The van der Waals surface area contributed by atoms with Crippen molar-refractivity contribution < 1.29 is 18.8 Å². The van der Waals surface area contributed by atoms with Gasteiger partial charge < -0.3 is 19.9 Å². The van der Waals surface area contributed by atoms with Crippen LogP contribution < -0.4 is 15.4 Å². The molecule has 3 rings (SSSR count). The van der Waals surface area contributed by atoms with Crippen LogP contribution in [0.1, 0.15) is 29.0 Å². The number of amides is 2. The van der Waals surface area contributed by atoms with Gasteiger partial charge in [-0.3, -0.25) is 9.59 Å². The van der Waals surface area contributed by atoms with Gasteiger partial charge >= 0.3 is 0 Å². The number of nitrogens with one attached hydrogen (secondary N) is 2. The lowest BCUT2D eigenvalue weighted by Crippen LogP contribution is -2.14. The lowest BCUT2D eigenvalue weighted by Gasteiger charge is -2.14. The fourth-order valence-corrected chi connectivity index (χ4v) is 3.49. The first-order valence-corrected chi connectivity index (χ1v) is 9.73. The molecule has 3 aromatic rings. The second-order valence-electron chi connectivity index (χ2n) is 6.06. The van der Waals surface area contributed by atoms with Crippen molar-refractivity contribution in [1.29, 1.82) is 0 Å². The van der Waals surface area contributed by atoms with E-state index in [2.05, 4.69) is 20.8 Å². The van der Waals surface area contributed by atoms with Gasteiger partial charge in [0, 0.05) is 24.4 Å². The number of aryl methyl sites for hydroxylation is 1. The highest BCUT2D eigenvalue weighted by molar-refractivity contribution is 7.98. The number of aromatic nitrogens is 2. The third kappa shape index (κ3) is 5.35. The second kappa shape index (κ2) is 9.24. The van der Waals surface area contributed by atoms with Crippen molar-refractivity contribution in [2.75, 3.05) is 17.7 Å². The minimum absolute atomic E-state index is 0.203. The summed E-state index contributed by atoms with van der Waals surface area (Å²) in [6, 6.07) is 12.3. The van der Waals surface area contributed by atoms with Crippen molar-refractivity contribution in [3.05, 3.63) is 59.7 Å². The first-order chi connectivity index (χ1) is 14.0. The predicted molar refractivity (Wildman–Crippen MR) is 110 cm³/mol. The van der Waals surface area contributed by atoms with Gasteiger partial charge in [-0.1, -0.05) is 17.3 Å². The van der Waals surface area contributed by atoms with E-state index in [-0.39, 0.29) is 11.8 Å². The van der Waals surface area contributed by atoms with Crippen LogP contribution in [-0.2, 0) is 10.5 Å². The molecule has 1 aromatic heterocycles. The Balaban J connectivity index is 1.79. The summed E-state index contributed by atoms with van der Waals surface area (Å²) in [5, 5.41) is 9.41. The standard InChI is InChI=1S/C20H20N4O4S/c1-12(25)21-14-8-9-17(27-3)16(10-14)23-20(26)15-6-4-5-7-18(15)29-11-19-22-13(2)28-24-19/h4-10H,11H2,1-3H3,(H,21,25)(H,23,26). The quantitative estimate of drug-likeness (QED) is 0.567. The molecule has 0 aliphatic carbocycles. The molecule has 0 radical (unpaired) electrons. The summed E-state index contributed by atoms with van der Waals surface area (Å²) in [4.78, 5) is 29.2. The third-order valence-electron chi connectivity index (χ3n) is 3.83. The van der Waals surface area contributed by atoms with Gasteiger partial charge in [0.1, 0.15) is 5.75 Å². The summed E-state index contributed by atoms with van der Waals surface area (Å²) in [6.45, 7) is 3.15. The fourth-order valence-electron chi connectivity index (χ4n) is 2.60. The number of methoxy groups -OCH3 is 1. The third-order valence-corrected chi connectivity index (χ3v) is 4.90. The molecule has 0 saturated heterocycles. The van der Waals surface area contributed by atoms with Crippen LogP contribution in [0.25, 0.3) is 0 Å². The van der Waals surface area contributed by atoms with Crippen molar-refractivity contribution >= 4 is 35.0 Å². The van der Waals surface area contributed by atoms with Crippen LogP contribution in [0.5, 0.6) is 5.75 Å². The molecule has 0 spiro atoms. The topological polar surface area (TPSA) is 106 Å². The van der Waals surface area contributed by atoms with Crippen LogP contribution in [0, 0.1) is 6.92 Å². The Kier molecular flexibility index (Phi) is 6.50. The summed E-state index contributed by atoms with van der Waals surface area (Å²) in [6.07, 6.45) is 0. The Morgan fingerprint density at radius 3 is 2.66 bits per heavy atom. The van der Waals surface area contributed by atoms with Crippen LogP contribution >= 0.6 is 11.8 Å². The number of anilines is 2. The van der Waals surface area contributed by atoms with Gasteiger partial charge in [-0.2, -0.15) is 4.98 Å². The first kappa shape index (κ1) is 20.4. The maximum absolute atomic E-state index is 12.9. The molecule has 29 heavy (non-hydrogen) atoms. The van der Waals surface area contributed by atoms with E-state index in [9.17, 15) is 9.59 Å². The van der Waals surface area contributed by atoms with Gasteiger partial charge in [-0.15, -0.1) is 11.8 Å². The molecule has 2 amide bonds. The Labute approximate surface area is 172 Å². The molecule has 0 aliphatic rings. The monoisotopic (exact) mass is 412 g/mol. The van der Waals surface area contributed by atoms with Gasteiger partial charge in [-0.05, 0) is 30.3 Å². The Hall–Kier alpha value is -3.33. The number of ether oxygens (including phenoxy) is 1. The van der Waals surface area contributed by atoms with E-state index in [1.54, 1.807) is 37.3 Å². The Morgan fingerprint density at radius 1 is 1.17 bits per heavy atom. The number of rotatable bonds is 7. The number of thioether (sulfide) groups is 1.